The molecule has 1 unspecified atom stereocenters. The molecule has 2 aromatic heterocycles. The van der Waals surface area contributed by atoms with Crippen LogP contribution in [0.15, 0.2) is 17.2 Å². The fourth-order valence-electron chi connectivity index (χ4n) is 2.41. The fourth-order valence-corrected chi connectivity index (χ4v) is 2.41. The van der Waals surface area contributed by atoms with Crippen molar-refractivity contribution >= 4 is 11.0 Å². The summed E-state index contributed by atoms with van der Waals surface area (Å²) in [7, 11) is 0. The molecule has 2 aromatic rings. The van der Waals surface area contributed by atoms with Crippen molar-refractivity contribution in [2.24, 2.45) is 0 Å². The van der Waals surface area contributed by atoms with Crippen LogP contribution in [0.1, 0.15) is 11.8 Å². The summed E-state index contributed by atoms with van der Waals surface area (Å²) in [4.78, 5) is 18.7. The van der Waals surface area contributed by atoms with E-state index in [1.807, 2.05) is 6.92 Å². The van der Waals surface area contributed by atoms with Gasteiger partial charge in [0.15, 0.2) is 6.23 Å². The number of nitrogens with one attached hydrogen (secondary N) is 1. The van der Waals surface area contributed by atoms with Crippen molar-refractivity contribution in [1.29, 1.82) is 0 Å². The normalized spacial score (nSPS) is 30.2. The molecule has 0 radical (unpaired) electrons. The van der Waals surface area contributed by atoms with E-state index in [9.17, 15) is 15.0 Å². The van der Waals surface area contributed by atoms with Crippen molar-refractivity contribution in [2.75, 3.05) is 6.61 Å². The minimum absolute atomic E-state index is 0.442. The maximum atomic E-state index is 12.0. The van der Waals surface area contributed by atoms with E-state index < -0.39 is 36.8 Å². The second-order valence-electron chi connectivity index (χ2n) is 4.89. The monoisotopic (exact) mass is 281 g/mol. The molecule has 0 spiro atoms. The van der Waals surface area contributed by atoms with Gasteiger partial charge in [0, 0.05) is 17.8 Å². The predicted octanol–water partition coefficient (Wildman–Crippen LogP) is -1.36. The van der Waals surface area contributed by atoms with E-state index in [4.69, 9.17) is 9.84 Å². The summed E-state index contributed by atoms with van der Waals surface area (Å²) < 4.78 is 6.46. The first-order valence-electron chi connectivity index (χ1n) is 6.22. The molecular formula is C12H15N3O5. The van der Waals surface area contributed by atoms with Crippen molar-refractivity contribution in [1.82, 2.24) is 14.5 Å². The lowest BCUT2D eigenvalue weighted by molar-refractivity contribution is -0.0547. The van der Waals surface area contributed by atoms with Gasteiger partial charge in [-0.2, -0.15) is 4.98 Å². The van der Waals surface area contributed by atoms with Crippen molar-refractivity contribution < 1.29 is 20.1 Å². The number of rotatable bonds is 2. The number of nitrogens with zero attached hydrogens (tertiary/aromatic N) is 2. The lowest BCUT2D eigenvalue weighted by atomic mass is 10.1. The van der Waals surface area contributed by atoms with Gasteiger partial charge in [-0.05, 0) is 12.5 Å². The molecule has 3 heterocycles. The molecule has 8 nitrogen and oxygen atoms in total. The van der Waals surface area contributed by atoms with Crippen molar-refractivity contribution in [3.05, 3.63) is 28.4 Å². The Morgan fingerprint density at radius 3 is 2.85 bits per heavy atom. The number of aryl methyl sites for hydroxylation is 1. The Hall–Kier alpha value is -1.74. The number of fused-ring (bicyclic) bond motifs is 1. The van der Waals surface area contributed by atoms with Gasteiger partial charge in [-0.25, -0.2) is 4.79 Å². The van der Waals surface area contributed by atoms with Crippen LogP contribution in [0.25, 0.3) is 11.0 Å². The minimum atomic E-state index is -1.30. The molecule has 1 fully saturated rings. The van der Waals surface area contributed by atoms with E-state index in [1.54, 1.807) is 6.20 Å². The number of hydrogen-bond donors (Lipinski definition) is 4. The summed E-state index contributed by atoms with van der Waals surface area (Å²) >= 11 is 0. The molecule has 4 N–H and O–H groups in total. The van der Waals surface area contributed by atoms with Crippen LogP contribution in [0.5, 0.6) is 0 Å². The van der Waals surface area contributed by atoms with Crippen molar-refractivity contribution in [3.8, 4) is 0 Å². The molecule has 3 rings (SSSR count). The van der Waals surface area contributed by atoms with E-state index in [2.05, 4.69) is 9.97 Å². The van der Waals surface area contributed by atoms with Crippen molar-refractivity contribution in [2.45, 2.75) is 31.5 Å². The van der Waals surface area contributed by atoms with E-state index in [0.29, 0.717) is 5.65 Å². The Kier molecular flexibility index (Phi) is 3.09. The molecule has 4 atom stereocenters. The highest BCUT2D eigenvalue weighted by atomic mass is 16.6. The minimum Gasteiger partial charge on any atom is -0.394 e. The lowest BCUT2D eigenvalue weighted by Gasteiger charge is -2.17. The van der Waals surface area contributed by atoms with Gasteiger partial charge < -0.3 is 25.0 Å². The zero-order valence-electron chi connectivity index (χ0n) is 10.7. The Labute approximate surface area is 113 Å². The van der Waals surface area contributed by atoms with Gasteiger partial charge in [0.1, 0.15) is 24.0 Å². The molecule has 1 aliphatic rings. The molecule has 20 heavy (non-hydrogen) atoms. The summed E-state index contributed by atoms with van der Waals surface area (Å²) in [6.07, 6.45) is -1.30. The number of aliphatic hydroxyl groups is 3. The number of ether oxygens (including phenoxy) is 1. The first-order valence-corrected chi connectivity index (χ1v) is 6.22. The summed E-state index contributed by atoms with van der Waals surface area (Å²) in [5.74, 6) is 0. The number of hydrogen-bond acceptors (Lipinski definition) is 6. The molecule has 1 saturated heterocycles. The van der Waals surface area contributed by atoms with Crippen LogP contribution in [-0.4, -0.2) is 54.8 Å². The van der Waals surface area contributed by atoms with Crippen LogP contribution in [0, 0.1) is 6.92 Å². The highest BCUT2D eigenvalue weighted by Gasteiger charge is 2.43. The van der Waals surface area contributed by atoms with Crippen LogP contribution in [0.2, 0.25) is 0 Å². The Bertz CT molecular complexity index is 694. The van der Waals surface area contributed by atoms with Crippen molar-refractivity contribution in [3.63, 3.8) is 0 Å². The van der Waals surface area contributed by atoms with Gasteiger partial charge in [0.25, 0.3) is 0 Å². The zero-order chi connectivity index (χ0) is 14.4. The van der Waals surface area contributed by atoms with E-state index in [1.165, 1.54) is 6.20 Å². The standard InChI is InChI=1S/C12H15N3O5/c1-5-2-13-10-6(5)3-15(12(19)14-10)11-9(18)8(17)7(4-16)20-11/h2-3,7-9,11,16-18H,4H2,1H3,(H,13,14,19)/t7-,8?,9+,11-/m1/s1. The van der Waals surface area contributed by atoms with E-state index in [0.717, 1.165) is 15.5 Å². The van der Waals surface area contributed by atoms with Crippen LogP contribution in [-0.2, 0) is 4.74 Å². The van der Waals surface area contributed by atoms with Crippen LogP contribution < -0.4 is 5.69 Å². The summed E-state index contributed by atoms with van der Waals surface area (Å²) in [6, 6.07) is 0. The lowest BCUT2D eigenvalue weighted by Crippen LogP contribution is -2.35. The smallest absolute Gasteiger partial charge is 0.351 e. The molecule has 8 heteroatoms. The third kappa shape index (κ3) is 1.85. The van der Waals surface area contributed by atoms with E-state index in [-0.39, 0.29) is 0 Å². The topological polar surface area (TPSA) is 121 Å². The van der Waals surface area contributed by atoms with Crippen LogP contribution in [0.3, 0.4) is 0 Å². The van der Waals surface area contributed by atoms with Gasteiger partial charge in [-0.3, -0.25) is 4.57 Å². The second-order valence-corrected chi connectivity index (χ2v) is 4.89. The highest BCUT2D eigenvalue weighted by Crippen LogP contribution is 2.28. The summed E-state index contributed by atoms with van der Waals surface area (Å²) in [5, 5.41) is 29.5. The average Bonchev–Trinajstić information content (AvgIpc) is 2.92. The quantitative estimate of drug-likeness (QED) is 0.540. The fraction of sp³-hybridized carbons (Fsp3) is 0.500. The highest BCUT2D eigenvalue weighted by molar-refractivity contribution is 5.78. The molecule has 0 saturated carbocycles. The number of aromatic amines is 1. The molecule has 1 aliphatic heterocycles. The van der Waals surface area contributed by atoms with Gasteiger partial charge in [-0.15, -0.1) is 0 Å². The maximum absolute atomic E-state index is 12.0. The van der Waals surface area contributed by atoms with Gasteiger partial charge in [0.05, 0.1) is 6.61 Å². The molecule has 0 aromatic carbocycles. The SMILES string of the molecule is Cc1c[nH]c2nc(=O)n([C@@H]3O[C@H](CO)C(O)[C@@H]3O)cc12. The number of aliphatic hydroxyl groups excluding tert-OH is 3. The molecule has 108 valence electrons. The first-order chi connectivity index (χ1) is 9.52. The molecule has 0 aliphatic carbocycles. The first kappa shape index (κ1) is 13.3. The summed E-state index contributed by atoms with van der Waals surface area (Å²) in [5.41, 5.74) is 0.748. The largest absolute Gasteiger partial charge is 0.394 e. The average molecular weight is 281 g/mol. The van der Waals surface area contributed by atoms with E-state index >= 15 is 0 Å². The Morgan fingerprint density at radius 2 is 2.20 bits per heavy atom. The maximum Gasteiger partial charge on any atom is 0.351 e. The molecular weight excluding hydrogens is 266 g/mol. The second kappa shape index (κ2) is 4.67. The Balaban J connectivity index is 2.08. The zero-order valence-corrected chi connectivity index (χ0v) is 10.7. The van der Waals surface area contributed by atoms with Gasteiger partial charge >= 0.3 is 5.69 Å². The Morgan fingerprint density at radius 1 is 1.45 bits per heavy atom. The van der Waals surface area contributed by atoms with Crippen LogP contribution in [0.4, 0.5) is 0 Å². The van der Waals surface area contributed by atoms with Gasteiger partial charge in [-0.1, -0.05) is 0 Å². The van der Waals surface area contributed by atoms with Gasteiger partial charge in [0.2, 0.25) is 0 Å². The number of aromatic nitrogens is 3. The van der Waals surface area contributed by atoms with Crippen LogP contribution >= 0.6 is 0 Å². The molecule has 0 bridgehead atoms. The number of H-pyrrole nitrogens is 1. The summed E-state index contributed by atoms with van der Waals surface area (Å²) in [6.45, 7) is 1.41. The molecule has 0 amide bonds. The third-order valence-corrected chi connectivity index (χ3v) is 3.59. The third-order valence-electron chi connectivity index (χ3n) is 3.59. The predicted molar refractivity (Wildman–Crippen MR) is 68.1 cm³/mol.